The fraction of sp³-hybridized carbons (Fsp3) is 0.667. The van der Waals surface area contributed by atoms with E-state index in [0.717, 1.165) is 37.7 Å². The summed E-state index contributed by atoms with van der Waals surface area (Å²) >= 11 is 0. The molecule has 7 nitrogen and oxygen atoms in total. The molecule has 1 aromatic carbocycles. The van der Waals surface area contributed by atoms with Crippen LogP contribution in [0.1, 0.15) is 57.4 Å². The molecule has 5 rings (SSSR count). The molecule has 4 aliphatic rings. The number of nitrogens with one attached hydrogen (secondary N) is 2. The number of aryl methyl sites for hydroxylation is 1. The normalized spacial score (nSPS) is 29.5. The molecule has 0 spiro atoms. The first-order chi connectivity index (χ1) is 15.2. The van der Waals surface area contributed by atoms with Gasteiger partial charge in [0, 0.05) is 7.05 Å². The van der Waals surface area contributed by atoms with Gasteiger partial charge in [0.2, 0.25) is 10.0 Å². The maximum atomic E-state index is 13.3. The first-order valence-electron chi connectivity index (χ1n) is 11.7. The van der Waals surface area contributed by atoms with E-state index in [1.807, 2.05) is 12.1 Å². The molecular weight excluding hydrogens is 428 g/mol. The Morgan fingerprint density at radius 1 is 1.06 bits per heavy atom. The molecule has 0 saturated heterocycles. The first kappa shape index (κ1) is 23.2. The van der Waals surface area contributed by atoms with Crippen LogP contribution in [-0.4, -0.2) is 40.0 Å². The molecule has 1 unspecified atom stereocenters. The van der Waals surface area contributed by atoms with Crippen molar-refractivity contribution in [3.8, 4) is 0 Å². The van der Waals surface area contributed by atoms with Gasteiger partial charge in [0.05, 0.1) is 4.90 Å². The van der Waals surface area contributed by atoms with Crippen LogP contribution in [0.15, 0.2) is 29.2 Å². The van der Waals surface area contributed by atoms with Gasteiger partial charge in [-0.25, -0.2) is 8.42 Å². The number of sulfonamides is 1. The number of amides is 1. The molecule has 1 aromatic rings. The Hall–Kier alpha value is -1.93. The molecule has 4 bridgehead atoms. The minimum atomic E-state index is -3.93. The predicted octanol–water partition coefficient (Wildman–Crippen LogP) is 2.79. The third-order valence-electron chi connectivity index (χ3n) is 7.60. The van der Waals surface area contributed by atoms with E-state index in [0.29, 0.717) is 17.8 Å². The van der Waals surface area contributed by atoms with Gasteiger partial charge >= 0.3 is 5.97 Å². The van der Waals surface area contributed by atoms with E-state index >= 15 is 0 Å². The highest BCUT2D eigenvalue weighted by Gasteiger charge is 2.57. The Balaban J connectivity index is 1.60. The third-order valence-corrected chi connectivity index (χ3v) is 9.04. The number of carbonyl (C=O) groups excluding carboxylic acids is 2. The third kappa shape index (κ3) is 4.71. The van der Waals surface area contributed by atoms with Crippen molar-refractivity contribution < 1.29 is 22.7 Å². The number of esters is 1. The molecule has 8 heteroatoms. The number of hydrogen-bond donors (Lipinski definition) is 2. The lowest BCUT2D eigenvalue weighted by Crippen LogP contribution is -2.60. The van der Waals surface area contributed by atoms with E-state index in [4.69, 9.17) is 4.74 Å². The van der Waals surface area contributed by atoms with Gasteiger partial charge in [-0.15, -0.1) is 0 Å². The van der Waals surface area contributed by atoms with Gasteiger partial charge in [-0.05, 0) is 85.8 Å². The van der Waals surface area contributed by atoms with Gasteiger partial charge in [-0.3, -0.25) is 9.59 Å². The topological polar surface area (TPSA) is 102 Å². The Bertz CT molecular complexity index is 922. The minimum Gasteiger partial charge on any atom is -0.454 e. The van der Waals surface area contributed by atoms with Crippen molar-refractivity contribution in [2.75, 3.05) is 13.7 Å². The zero-order valence-electron chi connectivity index (χ0n) is 18.9. The molecule has 4 aliphatic carbocycles. The summed E-state index contributed by atoms with van der Waals surface area (Å²) in [4.78, 5) is 25.0. The number of rotatable bonds is 9. The summed E-state index contributed by atoms with van der Waals surface area (Å²) in [5.41, 5.74) is 0.637. The van der Waals surface area contributed by atoms with Gasteiger partial charge in [-0.1, -0.05) is 25.5 Å². The summed E-state index contributed by atoms with van der Waals surface area (Å²) in [7, 11) is -2.46. The van der Waals surface area contributed by atoms with Crippen LogP contribution in [0.25, 0.3) is 0 Å². The fourth-order valence-electron chi connectivity index (χ4n) is 6.59. The number of likely N-dealkylation sites (N-methyl/N-ethyl adjacent to an activating group) is 1. The number of benzene rings is 1. The minimum absolute atomic E-state index is 0.145. The highest BCUT2D eigenvalue weighted by atomic mass is 32.2. The van der Waals surface area contributed by atoms with Crippen LogP contribution in [0.5, 0.6) is 0 Å². The van der Waals surface area contributed by atoms with Crippen LogP contribution in [-0.2, 0) is 30.8 Å². The molecule has 0 aromatic heterocycles. The van der Waals surface area contributed by atoms with Crippen molar-refractivity contribution in [3.05, 3.63) is 29.8 Å². The molecule has 0 heterocycles. The lowest BCUT2D eigenvalue weighted by molar-refractivity contribution is -0.159. The lowest BCUT2D eigenvalue weighted by Gasteiger charge is -2.58. The molecule has 4 fully saturated rings. The van der Waals surface area contributed by atoms with E-state index in [-0.39, 0.29) is 4.90 Å². The quantitative estimate of drug-likeness (QED) is 0.550. The Morgan fingerprint density at radius 3 is 2.12 bits per heavy atom. The first-order valence-corrected chi connectivity index (χ1v) is 13.2. The molecule has 32 heavy (non-hydrogen) atoms. The largest absolute Gasteiger partial charge is 0.454 e. The summed E-state index contributed by atoms with van der Waals surface area (Å²) in [6.45, 7) is 1.67. The van der Waals surface area contributed by atoms with Crippen molar-refractivity contribution in [2.45, 2.75) is 69.2 Å². The summed E-state index contributed by atoms with van der Waals surface area (Å²) in [5, 5.41) is 2.43. The molecule has 0 aliphatic heterocycles. The van der Waals surface area contributed by atoms with Crippen molar-refractivity contribution in [2.24, 2.45) is 23.2 Å². The van der Waals surface area contributed by atoms with E-state index < -0.39 is 40.0 Å². The lowest BCUT2D eigenvalue weighted by atomic mass is 9.48. The van der Waals surface area contributed by atoms with Crippen LogP contribution in [0.2, 0.25) is 0 Å². The second kappa shape index (κ2) is 9.14. The average Bonchev–Trinajstić information content (AvgIpc) is 2.75. The van der Waals surface area contributed by atoms with E-state index in [1.54, 1.807) is 12.1 Å². The molecule has 1 atom stereocenters. The number of ether oxygens (including phenoxy) is 1. The van der Waals surface area contributed by atoms with Gasteiger partial charge in [0.1, 0.15) is 6.04 Å². The van der Waals surface area contributed by atoms with E-state index in [1.165, 1.54) is 26.3 Å². The van der Waals surface area contributed by atoms with Crippen LogP contribution < -0.4 is 10.0 Å². The molecule has 176 valence electrons. The van der Waals surface area contributed by atoms with Crippen molar-refractivity contribution >= 4 is 21.9 Å². The highest BCUT2D eigenvalue weighted by molar-refractivity contribution is 7.89. The van der Waals surface area contributed by atoms with Crippen LogP contribution in [0, 0.1) is 23.2 Å². The summed E-state index contributed by atoms with van der Waals surface area (Å²) in [5.74, 6) is 0.536. The monoisotopic (exact) mass is 462 g/mol. The van der Waals surface area contributed by atoms with E-state index in [9.17, 15) is 18.0 Å². The average molecular weight is 463 g/mol. The fourth-order valence-corrected chi connectivity index (χ4v) is 7.88. The maximum absolute atomic E-state index is 13.3. The SMILES string of the molecule is CCCc1ccc(S(=O)(=O)NC(C(=O)OCC(=O)NC)C23CC4CC(CC(C4)C2)C3)cc1. The predicted molar refractivity (Wildman–Crippen MR) is 120 cm³/mol. The zero-order valence-corrected chi connectivity index (χ0v) is 19.7. The smallest absolute Gasteiger partial charge is 0.325 e. The Labute approximate surface area is 190 Å². The van der Waals surface area contributed by atoms with Gasteiger partial charge in [-0.2, -0.15) is 4.72 Å². The molecule has 1 amide bonds. The highest BCUT2D eigenvalue weighted by Crippen LogP contribution is 2.61. The Morgan fingerprint density at radius 2 is 1.62 bits per heavy atom. The van der Waals surface area contributed by atoms with Crippen molar-refractivity contribution in [1.82, 2.24) is 10.0 Å². The van der Waals surface area contributed by atoms with Crippen LogP contribution in [0.3, 0.4) is 0 Å². The second-order valence-corrected chi connectivity index (χ2v) is 11.7. The second-order valence-electron chi connectivity index (χ2n) is 10.0. The standard InChI is InChI=1S/C24H34N2O5S/c1-3-4-16-5-7-20(8-6-16)32(29,30)26-22(23(28)31-15-21(27)25-2)24-12-17-9-18(13-24)11-19(10-17)14-24/h5-8,17-19,22,26H,3-4,9-15H2,1-2H3,(H,25,27). The molecule has 0 radical (unpaired) electrons. The van der Waals surface area contributed by atoms with Crippen LogP contribution >= 0.6 is 0 Å². The Kier molecular flexibility index (Phi) is 6.63. The summed E-state index contributed by atoms with van der Waals surface area (Å²) in [6, 6.07) is 5.85. The molecule has 2 N–H and O–H groups in total. The molecule has 4 saturated carbocycles. The summed E-state index contributed by atoms with van der Waals surface area (Å²) in [6.07, 6.45) is 7.87. The maximum Gasteiger partial charge on any atom is 0.325 e. The molecular formula is C24H34N2O5S. The van der Waals surface area contributed by atoms with Gasteiger partial charge < -0.3 is 10.1 Å². The number of carbonyl (C=O) groups is 2. The number of hydrogen-bond acceptors (Lipinski definition) is 5. The van der Waals surface area contributed by atoms with Gasteiger partial charge in [0.15, 0.2) is 6.61 Å². The van der Waals surface area contributed by atoms with Crippen LogP contribution in [0.4, 0.5) is 0 Å². The summed E-state index contributed by atoms with van der Waals surface area (Å²) < 4.78 is 34.6. The van der Waals surface area contributed by atoms with Crippen molar-refractivity contribution in [1.29, 1.82) is 0 Å². The van der Waals surface area contributed by atoms with Crippen molar-refractivity contribution in [3.63, 3.8) is 0 Å². The zero-order chi connectivity index (χ0) is 22.9. The van der Waals surface area contributed by atoms with Gasteiger partial charge in [0.25, 0.3) is 5.91 Å². The van der Waals surface area contributed by atoms with E-state index in [2.05, 4.69) is 17.0 Å².